The minimum absolute atomic E-state index is 0.919. The van der Waals surface area contributed by atoms with Gasteiger partial charge in [0.2, 0.25) is 0 Å². The molecule has 0 nitrogen and oxygen atoms in total. The van der Waals surface area contributed by atoms with Crippen molar-refractivity contribution in [2.75, 3.05) is 5.75 Å². The van der Waals surface area contributed by atoms with E-state index in [1.807, 2.05) is 0 Å². The fourth-order valence-corrected chi connectivity index (χ4v) is 2.83. The predicted octanol–water partition coefficient (Wildman–Crippen LogP) is 5.58. The second-order valence-electron chi connectivity index (χ2n) is 4.91. The molecule has 0 aliphatic carbocycles. The third-order valence-corrected chi connectivity index (χ3v) is 4.25. The molecule has 94 valence electrons. The largest absolute Gasteiger partial charge is 0.152 e. The molecular formula is C15H28S. The zero-order valence-electron chi connectivity index (χ0n) is 11.1. The van der Waals surface area contributed by atoms with Crippen LogP contribution in [0.5, 0.6) is 0 Å². The highest BCUT2D eigenvalue weighted by atomic mass is 32.2. The highest BCUT2D eigenvalue weighted by molar-refractivity contribution is 8.07. The van der Waals surface area contributed by atoms with Crippen molar-refractivity contribution in [1.29, 1.82) is 0 Å². The Morgan fingerprint density at radius 3 is 2.38 bits per heavy atom. The molecule has 0 aromatic carbocycles. The first-order valence-electron chi connectivity index (χ1n) is 7.19. The maximum absolute atomic E-state index is 2.57. The van der Waals surface area contributed by atoms with Gasteiger partial charge in [-0.15, -0.1) is 0 Å². The second kappa shape index (κ2) is 9.15. The average Bonchev–Trinajstić information content (AvgIpc) is 3.10. The van der Waals surface area contributed by atoms with Crippen LogP contribution < -0.4 is 0 Å². The number of hydrogen-bond donors (Lipinski definition) is 0. The predicted molar refractivity (Wildman–Crippen MR) is 77.2 cm³/mol. The van der Waals surface area contributed by atoms with Crippen LogP contribution in [0.4, 0.5) is 0 Å². The van der Waals surface area contributed by atoms with Crippen molar-refractivity contribution in [2.24, 2.45) is 0 Å². The van der Waals surface area contributed by atoms with Crippen LogP contribution in [-0.4, -0.2) is 11.0 Å². The lowest BCUT2D eigenvalue weighted by Gasteiger charge is -2.05. The van der Waals surface area contributed by atoms with E-state index in [0.29, 0.717) is 0 Å². The monoisotopic (exact) mass is 240 g/mol. The van der Waals surface area contributed by atoms with Gasteiger partial charge in [0.25, 0.3) is 0 Å². The van der Waals surface area contributed by atoms with Gasteiger partial charge in [-0.3, -0.25) is 0 Å². The van der Waals surface area contributed by atoms with Gasteiger partial charge >= 0.3 is 0 Å². The van der Waals surface area contributed by atoms with Crippen LogP contribution in [0.1, 0.15) is 71.6 Å². The van der Waals surface area contributed by atoms with E-state index in [2.05, 4.69) is 31.7 Å². The summed E-state index contributed by atoms with van der Waals surface area (Å²) in [6, 6.07) is 0. The minimum atomic E-state index is 0.919. The Morgan fingerprint density at radius 1 is 1.06 bits per heavy atom. The van der Waals surface area contributed by atoms with Gasteiger partial charge in [-0.25, -0.2) is 0 Å². The molecule has 0 radical (unpaired) electrons. The summed E-state index contributed by atoms with van der Waals surface area (Å²) in [6.07, 6.45) is 15.0. The van der Waals surface area contributed by atoms with E-state index < -0.39 is 0 Å². The fourth-order valence-electron chi connectivity index (χ4n) is 2.09. The molecule has 0 N–H and O–H groups in total. The maximum Gasteiger partial charge on any atom is 0.0347 e. The van der Waals surface area contributed by atoms with Gasteiger partial charge in [0.1, 0.15) is 0 Å². The molecule has 16 heavy (non-hydrogen) atoms. The number of allylic oxidation sites excluding steroid dienone is 1. The Bertz CT molecular complexity index is 192. The van der Waals surface area contributed by atoms with Gasteiger partial charge in [-0.1, -0.05) is 57.6 Å². The maximum atomic E-state index is 2.57. The third kappa shape index (κ3) is 6.62. The van der Waals surface area contributed by atoms with E-state index in [0.717, 1.165) is 5.25 Å². The van der Waals surface area contributed by atoms with Crippen LogP contribution in [0, 0.1) is 0 Å². The molecule has 1 aliphatic rings. The van der Waals surface area contributed by atoms with E-state index in [1.54, 1.807) is 5.57 Å². The molecule has 1 unspecified atom stereocenters. The van der Waals surface area contributed by atoms with E-state index in [1.165, 1.54) is 63.5 Å². The summed E-state index contributed by atoms with van der Waals surface area (Å²) in [5, 5.41) is 0.919. The molecule has 0 aromatic heterocycles. The molecule has 0 bridgehead atoms. The second-order valence-corrected chi connectivity index (χ2v) is 6.14. The van der Waals surface area contributed by atoms with Gasteiger partial charge in [0.05, 0.1) is 0 Å². The lowest BCUT2D eigenvalue weighted by molar-refractivity contribution is 0.667. The van der Waals surface area contributed by atoms with Crippen molar-refractivity contribution < 1.29 is 0 Å². The molecule has 0 amide bonds. The van der Waals surface area contributed by atoms with E-state index in [4.69, 9.17) is 0 Å². The van der Waals surface area contributed by atoms with Crippen molar-refractivity contribution in [1.82, 2.24) is 0 Å². The van der Waals surface area contributed by atoms with Crippen molar-refractivity contribution in [3.8, 4) is 0 Å². The summed E-state index contributed by atoms with van der Waals surface area (Å²) >= 11 is 2.13. The fraction of sp³-hybridized carbons (Fsp3) is 0.867. The van der Waals surface area contributed by atoms with Crippen LogP contribution in [-0.2, 0) is 0 Å². The molecule has 0 aromatic rings. The zero-order valence-corrected chi connectivity index (χ0v) is 12.0. The molecular weight excluding hydrogens is 212 g/mol. The first kappa shape index (κ1) is 14.2. The lowest BCUT2D eigenvalue weighted by atomic mass is 10.0. The van der Waals surface area contributed by atoms with Crippen LogP contribution in [0.15, 0.2) is 11.6 Å². The summed E-state index contributed by atoms with van der Waals surface area (Å²) in [7, 11) is 0. The SMILES string of the molecule is CCCCCCC=C(CCCCC)C1CS1. The highest BCUT2D eigenvalue weighted by Gasteiger charge is 2.25. The number of hydrogen-bond acceptors (Lipinski definition) is 1. The van der Waals surface area contributed by atoms with Crippen molar-refractivity contribution in [2.45, 2.75) is 76.9 Å². The van der Waals surface area contributed by atoms with Crippen LogP contribution in [0.25, 0.3) is 0 Å². The van der Waals surface area contributed by atoms with Gasteiger partial charge in [-0.2, -0.15) is 11.8 Å². The summed E-state index contributed by atoms with van der Waals surface area (Å²) < 4.78 is 0. The Hall–Kier alpha value is 0.0900. The summed E-state index contributed by atoms with van der Waals surface area (Å²) in [4.78, 5) is 0. The third-order valence-electron chi connectivity index (χ3n) is 3.28. The number of rotatable bonds is 10. The average molecular weight is 240 g/mol. The molecule has 1 rings (SSSR count). The van der Waals surface area contributed by atoms with E-state index >= 15 is 0 Å². The molecule has 1 fully saturated rings. The van der Waals surface area contributed by atoms with Gasteiger partial charge in [0, 0.05) is 11.0 Å². The standard InChI is InChI=1S/C15H28S/c1-3-5-7-8-10-12-14(15-13-16-15)11-9-6-4-2/h12,15H,3-11,13H2,1-2H3. The first-order chi connectivity index (χ1) is 7.88. The first-order valence-corrected chi connectivity index (χ1v) is 8.23. The molecule has 1 atom stereocenters. The molecule has 1 heteroatoms. The smallest absolute Gasteiger partial charge is 0.0347 e. The van der Waals surface area contributed by atoms with Crippen LogP contribution in [0.2, 0.25) is 0 Å². The number of unbranched alkanes of at least 4 members (excludes halogenated alkanes) is 6. The topological polar surface area (TPSA) is 0 Å². The minimum Gasteiger partial charge on any atom is -0.152 e. The van der Waals surface area contributed by atoms with Crippen molar-refractivity contribution in [3.05, 3.63) is 11.6 Å². The van der Waals surface area contributed by atoms with Crippen LogP contribution >= 0.6 is 11.8 Å². The van der Waals surface area contributed by atoms with Gasteiger partial charge in [-0.05, 0) is 25.7 Å². The molecule has 0 spiro atoms. The van der Waals surface area contributed by atoms with Crippen LogP contribution in [0.3, 0.4) is 0 Å². The Balaban J connectivity index is 2.13. The number of thioether (sulfide) groups is 1. The molecule has 1 saturated heterocycles. The van der Waals surface area contributed by atoms with Crippen molar-refractivity contribution >= 4 is 11.8 Å². The normalized spacial score (nSPS) is 20.1. The highest BCUT2D eigenvalue weighted by Crippen LogP contribution is 2.39. The Kier molecular flexibility index (Phi) is 8.10. The van der Waals surface area contributed by atoms with E-state index in [9.17, 15) is 0 Å². The zero-order chi connectivity index (χ0) is 11.6. The van der Waals surface area contributed by atoms with Gasteiger partial charge < -0.3 is 0 Å². The lowest BCUT2D eigenvalue weighted by Crippen LogP contribution is -1.92. The summed E-state index contributed by atoms with van der Waals surface area (Å²) in [5.41, 5.74) is 1.77. The van der Waals surface area contributed by atoms with Gasteiger partial charge in [0.15, 0.2) is 0 Å². The molecule has 1 heterocycles. The Morgan fingerprint density at radius 2 is 1.75 bits per heavy atom. The van der Waals surface area contributed by atoms with E-state index in [-0.39, 0.29) is 0 Å². The summed E-state index contributed by atoms with van der Waals surface area (Å²) in [6.45, 7) is 4.58. The quantitative estimate of drug-likeness (QED) is 0.273. The van der Waals surface area contributed by atoms with Crippen molar-refractivity contribution in [3.63, 3.8) is 0 Å². The molecule has 0 saturated carbocycles. The summed E-state index contributed by atoms with van der Waals surface area (Å²) in [5.74, 6) is 1.40. The Labute approximate surface area is 106 Å². The molecule has 1 aliphatic heterocycles.